The lowest BCUT2D eigenvalue weighted by molar-refractivity contribution is 0.0734. The maximum absolute atomic E-state index is 12.5. The largest absolute Gasteiger partial charge is 0.492 e. The summed E-state index contributed by atoms with van der Waals surface area (Å²) in [6, 6.07) is 12.3. The van der Waals surface area contributed by atoms with E-state index in [9.17, 15) is 10.1 Å². The number of nitrogens with zero attached hydrogens (tertiary/aromatic N) is 1. The Balaban J connectivity index is 2.07. The molecule has 0 unspecified atom stereocenters. The van der Waals surface area contributed by atoms with Crippen LogP contribution in [0.1, 0.15) is 67.4 Å². The van der Waals surface area contributed by atoms with E-state index >= 15 is 0 Å². The number of carbonyl (C=O) groups is 1. The molecule has 0 amide bonds. The Hall–Kier alpha value is -2.51. The highest BCUT2D eigenvalue weighted by Gasteiger charge is 2.14. The van der Waals surface area contributed by atoms with Gasteiger partial charge in [-0.1, -0.05) is 50.8 Å². The molecule has 0 N–H and O–H groups in total. The van der Waals surface area contributed by atoms with E-state index in [0.29, 0.717) is 28.7 Å². The first kappa shape index (κ1) is 21.8. The molecule has 2 aromatic rings. The van der Waals surface area contributed by atoms with Gasteiger partial charge in [-0.3, -0.25) is 0 Å². The zero-order chi connectivity index (χ0) is 20.4. The maximum atomic E-state index is 12.5. The Kier molecular flexibility index (Phi) is 8.84. The van der Waals surface area contributed by atoms with Gasteiger partial charge in [-0.2, -0.15) is 5.26 Å². The molecule has 0 saturated carbocycles. The number of nitriles is 1. The third kappa shape index (κ3) is 6.28. The lowest BCUT2D eigenvalue weighted by Crippen LogP contribution is -2.10. The molecule has 0 aliphatic heterocycles. The standard InChI is InChI=1S/C23H26ClNO3/c1-3-5-7-8-17-9-11-22(20(24)14-17)28-23(26)18-10-12-21(19(15-18)16-25)27-13-6-4-2/h9-12,14-15H,3-8,13H2,1-2H3. The fraction of sp³-hybridized carbons (Fsp3) is 0.391. The zero-order valence-corrected chi connectivity index (χ0v) is 17.2. The van der Waals surface area contributed by atoms with Crippen LogP contribution >= 0.6 is 11.6 Å². The van der Waals surface area contributed by atoms with Gasteiger partial charge in [0, 0.05) is 0 Å². The van der Waals surface area contributed by atoms with Crippen LogP contribution in [0, 0.1) is 11.3 Å². The number of hydrogen-bond acceptors (Lipinski definition) is 4. The summed E-state index contributed by atoms with van der Waals surface area (Å²) in [7, 11) is 0. The third-order valence-corrected chi connectivity index (χ3v) is 4.65. The first-order valence-corrected chi connectivity index (χ1v) is 10.1. The van der Waals surface area contributed by atoms with Crippen molar-refractivity contribution in [1.29, 1.82) is 5.26 Å². The molecule has 4 nitrogen and oxygen atoms in total. The van der Waals surface area contributed by atoms with Crippen LogP contribution in [0.3, 0.4) is 0 Å². The van der Waals surface area contributed by atoms with E-state index in [0.717, 1.165) is 37.7 Å². The summed E-state index contributed by atoms with van der Waals surface area (Å²) in [4.78, 5) is 12.5. The first-order chi connectivity index (χ1) is 13.6. The molecule has 5 heteroatoms. The Morgan fingerprint density at radius 3 is 2.46 bits per heavy atom. The molecule has 0 saturated heterocycles. The van der Waals surface area contributed by atoms with Gasteiger partial charge in [0.2, 0.25) is 0 Å². The predicted molar refractivity (Wildman–Crippen MR) is 111 cm³/mol. The smallest absolute Gasteiger partial charge is 0.343 e. The lowest BCUT2D eigenvalue weighted by atomic mass is 10.1. The highest BCUT2D eigenvalue weighted by molar-refractivity contribution is 6.32. The van der Waals surface area contributed by atoms with E-state index in [1.807, 2.05) is 12.1 Å². The molecule has 0 radical (unpaired) electrons. The fourth-order valence-electron chi connectivity index (χ4n) is 2.72. The van der Waals surface area contributed by atoms with Crippen LogP contribution in [0.4, 0.5) is 0 Å². The average Bonchev–Trinajstić information content (AvgIpc) is 2.70. The van der Waals surface area contributed by atoms with Crippen molar-refractivity contribution in [3.8, 4) is 17.6 Å². The molecule has 28 heavy (non-hydrogen) atoms. The number of carbonyl (C=O) groups excluding carboxylic acids is 1. The van der Waals surface area contributed by atoms with Crippen LogP contribution in [-0.2, 0) is 6.42 Å². The number of ether oxygens (including phenoxy) is 2. The highest BCUT2D eigenvalue weighted by atomic mass is 35.5. The molecule has 0 bridgehead atoms. The zero-order valence-electron chi connectivity index (χ0n) is 16.5. The van der Waals surface area contributed by atoms with Gasteiger partial charge in [0.05, 0.1) is 22.8 Å². The minimum atomic E-state index is -0.558. The number of unbranched alkanes of at least 4 members (excludes halogenated alkanes) is 3. The Bertz CT molecular complexity index is 842. The Labute approximate surface area is 172 Å². The van der Waals surface area contributed by atoms with Gasteiger partial charge < -0.3 is 9.47 Å². The van der Waals surface area contributed by atoms with Crippen LogP contribution in [0.25, 0.3) is 0 Å². The molecule has 0 spiro atoms. The molecule has 2 aromatic carbocycles. The number of hydrogen-bond donors (Lipinski definition) is 0. The fourth-order valence-corrected chi connectivity index (χ4v) is 2.96. The predicted octanol–water partition coefficient (Wildman–Crippen LogP) is 6.34. The van der Waals surface area contributed by atoms with Crippen molar-refractivity contribution >= 4 is 17.6 Å². The summed E-state index contributed by atoms with van der Waals surface area (Å²) in [5.41, 5.74) is 1.71. The molecular formula is C23H26ClNO3. The van der Waals surface area contributed by atoms with Gasteiger partial charge in [-0.05, 0) is 55.2 Å². The van der Waals surface area contributed by atoms with Gasteiger partial charge in [0.25, 0.3) is 0 Å². The number of halogens is 1. The molecule has 0 atom stereocenters. The summed E-state index contributed by atoms with van der Waals surface area (Å²) in [5, 5.41) is 9.74. The second-order valence-electron chi connectivity index (χ2n) is 6.64. The number of benzene rings is 2. The lowest BCUT2D eigenvalue weighted by Gasteiger charge is -2.10. The monoisotopic (exact) mass is 399 g/mol. The molecule has 148 valence electrons. The van der Waals surface area contributed by atoms with E-state index in [1.54, 1.807) is 18.2 Å². The summed E-state index contributed by atoms with van der Waals surface area (Å²) in [6.45, 7) is 4.77. The minimum absolute atomic E-state index is 0.280. The van der Waals surface area contributed by atoms with Crippen LogP contribution in [0.15, 0.2) is 36.4 Å². The summed E-state index contributed by atoms with van der Waals surface area (Å²) in [6.07, 6.45) is 6.30. The van der Waals surface area contributed by atoms with Gasteiger partial charge in [0.15, 0.2) is 0 Å². The van der Waals surface area contributed by atoms with Crippen LogP contribution < -0.4 is 9.47 Å². The highest BCUT2D eigenvalue weighted by Crippen LogP contribution is 2.28. The van der Waals surface area contributed by atoms with Crippen molar-refractivity contribution < 1.29 is 14.3 Å². The average molecular weight is 400 g/mol. The Morgan fingerprint density at radius 1 is 1.04 bits per heavy atom. The van der Waals surface area contributed by atoms with Crippen LogP contribution in [0.2, 0.25) is 5.02 Å². The van der Waals surface area contributed by atoms with Crippen molar-refractivity contribution in [1.82, 2.24) is 0 Å². The summed E-state index contributed by atoms with van der Waals surface area (Å²) < 4.78 is 11.0. The maximum Gasteiger partial charge on any atom is 0.343 e. The molecule has 2 rings (SSSR count). The van der Waals surface area contributed by atoms with Crippen molar-refractivity contribution in [3.63, 3.8) is 0 Å². The van der Waals surface area contributed by atoms with Crippen molar-refractivity contribution in [3.05, 3.63) is 58.1 Å². The normalized spacial score (nSPS) is 10.4. The topological polar surface area (TPSA) is 59.3 Å². The van der Waals surface area contributed by atoms with E-state index in [2.05, 4.69) is 19.9 Å². The van der Waals surface area contributed by atoms with E-state index in [1.165, 1.54) is 12.5 Å². The second-order valence-corrected chi connectivity index (χ2v) is 7.04. The van der Waals surface area contributed by atoms with Crippen molar-refractivity contribution in [2.75, 3.05) is 6.61 Å². The molecule has 0 heterocycles. The SMILES string of the molecule is CCCCCc1ccc(OC(=O)c2ccc(OCCCC)c(C#N)c2)c(Cl)c1. The van der Waals surface area contributed by atoms with Crippen LogP contribution in [0.5, 0.6) is 11.5 Å². The van der Waals surface area contributed by atoms with Crippen LogP contribution in [-0.4, -0.2) is 12.6 Å². The van der Waals surface area contributed by atoms with Gasteiger partial charge in [-0.25, -0.2) is 4.79 Å². The number of rotatable bonds is 10. The molecule has 0 fully saturated rings. The molecule has 0 aliphatic rings. The minimum Gasteiger partial charge on any atom is -0.492 e. The van der Waals surface area contributed by atoms with Crippen molar-refractivity contribution in [2.24, 2.45) is 0 Å². The van der Waals surface area contributed by atoms with Gasteiger partial charge in [-0.15, -0.1) is 0 Å². The summed E-state index contributed by atoms with van der Waals surface area (Å²) in [5.74, 6) is 0.229. The first-order valence-electron chi connectivity index (χ1n) is 9.76. The van der Waals surface area contributed by atoms with Gasteiger partial charge >= 0.3 is 5.97 Å². The number of aryl methyl sites for hydroxylation is 1. The molecule has 0 aliphatic carbocycles. The quantitative estimate of drug-likeness (QED) is 0.265. The molecular weight excluding hydrogens is 374 g/mol. The van der Waals surface area contributed by atoms with E-state index < -0.39 is 5.97 Å². The molecule has 0 aromatic heterocycles. The second kappa shape index (κ2) is 11.4. The van der Waals surface area contributed by atoms with E-state index in [4.69, 9.17) is 21.1 Å². The Morgan fingerprint density at radius 2 is 1.79 bits per heavy atom. The third-order valence-electron chi connectivity index (χ3n) is 4.36. The summed E-state index contributed by atoms with van der Waals surface area (Å²) >= 11 is 6.28. The van der Waals surface area contributed by atoms with Gasteiger partial charge in [0.1, 0.15) is 17.6 Å². The van der Waals surface area contributed by atoms with Crippen molar-refractivity contribution in [2.45, 2.75) is 52.4 Å². The van der Waals surface area contributed by atoms with E-state index in [-0.39, 0.29) is 5.56 Å². The number of esters is 1.